The molecule has 1 aliphatic carbocycles. The van der Waals surface area contributed by atoms with Gasteiger partial charge in [0.05, 0.1) is 6.61 Å². The van der Waals surface area contributed by atoms with Crippen LogP contribution < -0.4 is 10.1 Å². The number of rotatable bonds is 6. The van der Waals surface area contributed by atoms with Gasteiger partial charge in [0.25, 0.3) is 5.91 Å². The first-order valence-electron chi connectivity index (χ1n) is 7.80. The van der Waals surface area contributed by atoms with Gasteiger partial charge in [-0.2, -0.15) is 0 Å². The van der Waals surface area contributed by atoms with Crippen molar-refractivity contribution in [1.82, 2.24) is 5.32 Å². The number of carbonyl (C=O) groups is 1. The van der Waals surface area contributed by atoms with Crippen LogP contribution in [0.3, 0.4) is 0 Å². The molecule has 0 aliphatic heterocycles. The van der Waals surface area contributed by atoms with Crippen molar-refractivity contribution in [2.45, 2.75) is 45.4 Å². The quantitative estimate of drug-likeness (QED) is 0.858. The Hall–Kier alpha value is -1.51. The largest absolute Gasteiger partial charge is 0.494 e. The van der Waals surface area contributed by atoms with Crippen LogP contribution in [0.1, 0.15) is 55.8 Å². The first-order chi connectivity index (χ1) is 9.79. The fourth-order valence-electron chi connectivity index (χ4n) is 2.65. The number of benzene rings is 1. The molecule has 1 fully saturated rings. The molecule has 0 radical (unpaired) electrons. The Labute approximate surface area is 121 Å². The topological polar surface area (TPSA) is 38.3 Å². The molecule has 1 saturated carbocycles. The summed E-state index contributed by atoms with van der Waals surface area (Å²) in [5.74, 6) is 1.52. The van der Waals surface area contributed by atoms with Crippen LogP contribution in [0.4, 0.5) is 0 Å². The van der Waals surface area contributed by atoms with Crippen molar-refractivity contribution in [3.63, 3.8) is 0 Å². The van der Waals surface area contributed by atoms with Crippen LogP contribution in [-0.2, 0) is 0 Å². The summed E-state index contributed by atoms with van der Waals surface area (Å²) in [4.78, 5) is 12.1. The molecule has 1 aromatic carbocycles. The number of carbonyl (C=O) groups excluding carboxylic acids is 1. The zero-order valence-corrected chi connectivity index (χ0v) is 12.4. The third-order valence-electron chi connectivity index (χ3n) is 3.87. The maximum absolute atomic E-state index is 12.1. The van der Waals surface area contributed by atoms with Gasteiger partial charge in [-0.1, -0.05) is 26.2 Å². The normalized spacial score (nSPS) is 15.8. The van der Waals surface area contributed by atoms with Crippen LogP contribution in [0.2, 0.25) is 0 Å². The van der Waals surface area contributed by atoms with Crippen LogP contribution in [0.15, 0.2) is 24.3 Å². The minimum absolute atomic E-state index is 0.0256. The summed E-state index contributed by atoms with van der Waals surface area (Å²) in [6, 6.07) is 7.40. The highest BCUT2D eigenvalue weighted by Gasteiger charge is 2.14. The fourth-order valence-corrected chi connectivity index (χ4v) is 2.65. The van der Waals surface area contributed by atoms with Crippen molar-refractivity contribution < 1.29 is 9.53 Å². The molecule has 3 nitrogen and oxygen atoms in total. The van der Waals surface area contributed by atoms with Gasteiger partial charge in [-0.05, 0) is 49.4 Å². The van der Waals surface area contributed by atoms with E-state index in [1.54, 1.807) is 0 Å². The molecule has 3 heteroatoms. The summed E-state index contributed by atoms with van der Waals surface area (Å²) in [5, 5.41) is 3.05. The maximum atomic E-state index is 12.1. The van der Waals surface area contributed by atoms with Gasteiger partial charge in [0.1, 0.15) is 5.75 Å². The number of hydrogen-bond donors (Lipinski definition) is 1. The molecule has 1 aliphatic rings. The summed E-state index contributed by atoms with van der Waals surface area (Å²) in [5.41, 5.74) is 0.713. The number of amides is 1. The van der Waals surface area contributed by atoms with E-state index in [1.807, 2.05) is 24.3 Å². The van der Waals surface area contributed by atoms with Crippen LogP contribution >= 0.6 is 0 Å². The average Bonchev–Trinajstić information content (AvgIpc) is 2.52. The highest BCUT2D eigenvalue weighted by Crippen LogP contribution is 2.22. The van der Waals surface area contributed by atoms with E-state index in [9.17, 15) is 4.79 Å². The van der Waals surface area contributed by atoms with Crippen molar-refractivity contribution in [3.8, 4) is 5.75 Å². The Morgan fingerprint density at radius 3 is 2.55 bits per heavy atom. The van der Waals surface area contributed by atoms with E-state index in [1.165, 1.54) is 32.1 Å². The van der Waals surface area contributed by atoms with Gasteiger partial charge in [0, 0.05) is 12.1 Å². The van der Waals surface area contributed by atoms with Crippen LogP contribution in [0.25, 0.3) is 0 Å². The van der Waals surface area contributed by atoms with Gasteiger partial charge in [-0.25, -0.2) is 0 Å². The lowest BCUT2D eigenvalue weighted by molar-refractivity contribution is 0.0943. The minimum atomic E-state index is 0.0256. The molecule has 20 heavy (non-hydrogen) atoms. The zero-order valence-electron chi connectivity index (χ0n) is 12.4. The molecular weight excluding hydrogens is 250 g/mol. The highest BCUT2D eigenvalue weighted by molar-refractivity contribution is 5.94. The van der Waals surface area contributed by atoms with Crippen LogP contribution in [0, 0.1) is 5.92 Å². The van der Waals surface area contributed by atoms with E-state index in [0.717, 1.165) is 18.7 Å². The molecular formula is C17H25NO2. The Bertz CT molecular complexity index is 408. The van der Waals surface area contributed by atoms with Crippen molar-refractivity contribution in [2.24, 2.45) is 5.92 Å². The molecule has 2 rings (SSSR count). The average molecular weight is 275 g/mol. The van der Waals surface area contributed by atoms with Crippen molar-refractivity contribution in [3.05, 3.63) is 29.8 Å². The molecule has 110 valence electrons. The number of ether oxygens (including phenoxy) is 1. The summed E-state index contributed by atoms with van der Waals surface area (Å²) in [6.07, 6.45) is 7.47. The van der Waals surface area contributed by atoms with Gasteiger partial charge in [0.2, 0.25) is 0 Å². The van der Waals surface area contributed by atoms with Crippen molar-refractivity contribution >= 4 is 5.91 Å². The first-order valence-corrected chi connectivity index (χ1v) is 7.80. The van der Waals surface area contributed by atoms with E-state index >= 15 is 0 Å². The van der Waals surface area contributed by atoms with Gasteiger partial charge < -0.3 is 10.1 Å². The molecule has 0 aromatic heterocycles. The minimum Gasteiger partial charge on any atom is -0.494 e. The maximum Gasteiger partial charge on any atom is 0.251 e. The molecule has 0 spiro atoms. The lowest BCUT2D eigenvalue weighted by Gasteiger charge is -2.21. The summed E-state index contributed by atoms with van der Waals surface area (Å²) in [7, 11) is 0. The highest BCUT2D eigenvalue weighted by atomic mass is 16.5. The molecule has 0 unspecified atom stereocenters. The van der Waals surface area contributed by atoms with Gasteiger partial charge in [0.15, 0.2) is 0 Å². The number of hydrogen-bond acceptors (Lipinski definition) is 2. The SMILES string of the molecule is CCCOc1ccc(C(=O)NCC2CCCCC2)cc1. The first kappa shape index (κ1) is 14.9. The predicted molar refractivity (Wildman–Crippen MR) is 81.1 cm³/mol. The third-order valence-corrected chi connectivity index (χ3v) is 3.87. The molecule has 0 saturated heterocycles. The van der Waals surface area contributed by atoms with E-state index < -0.39 is 0 Å². The van der Waals surface area contributed by atoms with Crippen LogP contribution in [0.5, 0.6) is 5.75 Å². The summed E-state index contributed by atoms with van der Waals surface area (Å²) >= 11 is 0. The molecule has 1 N–H and O–H groups in total. The van der Waals surface area contributed by atoms with Crippen molar-refractivity contribution in [1.29, 1.82) is 0 Å². The van der Waals surface area contributed by atoms with Gasteiger partial charge in [-0.15, -0.1) is 0 Å². The Kier molecular flexibility index (Phi) is 5.90. The van der Waals surface area contributed by atoms with Gasteiger partial charge >= 0.3 is 0 Å². The monoisotopic (exact) mass is 275 g/mol. The molecule has 0 heterocycles. The zero-order chi connectivity index (χ0) is 14.2. The summed E-state index contributed by atoms with van der Waals surface area (Å²) in [6.45, 7) is 3.60. The second-order valence-corrected chi connectivity index (χ2v) is 5.59. The lowest BCUT2D eigenvalue weighted by atomic mass is 9.89. The van der Waals surface area contributed by atoms with Crippen molar-refractivity contribution in [2.75, 3.05) is 13.2 Å². The Morgan fingerprint density at radius 2 is 1.90 bits per heavy atom. The molecule has 1 amide bonds. The second-order valence-electron chi connectivity index (χ2n) is 5.59. The van der Waals surface area contributed by atoms with Gasteiger partial charge in [-0.3, -0.25) is 4.79 Å². The van der Waals surface area contributed by atoms with E-state index in [0.29, 0.717) is 18.1 Å². The molecule has 1 aromatic rings. The van der Waals surface area contributed by atoms with E-state index in [-0.39, 0.29) is 5.91 Å². The number of nitrogens with one attached hydrogen (secondary N) is 1. The Morgan fingerprint density at radius 1 is 1.20 bits per heavy atom. The third kappa shape index (κ3) is 4.55. The second kappa shape index (κ2) is 7.93. The smallest absolute Gasteiger partial charge is 0.251 e. The molecule has 0 bridgehead atoms. The standard InChI is InChI=1S/C17H25NO2/c1-2-12-20-16-10-8-15(9-11-16)17(19)18-13-14-6-4-3-5-7-14/h8-11,14H,2-7,12-13H2,1H3,(H,18,19). The van der Waals surface area contributed by atoms with Crippen LogP contribution in [-0.4, -0.2) is 19.1 Å². The van der Waals surface area contributed by atoms with E-state index in [4.69, 9.17) is 4.74 Å². The lowest BCUT2D eigenvalue weighted by Crippen LogP contribution is -2.30. The fraction of sp³-hybridized carbons (Fsp3) is 0.588. The Balaban J connectivity index is 1.79. The molecule has 0 atom stereocenters. The summed E-state index contributed by atoms with van der Waals surface area (Å²) < 4.78 is 5.51. The predicted octanol–water partition coefficient (Wildman–Crippen LogP) is 3.79. The van der Waals surface area contributed by atoms with E-state index in [2.05, 4.69) is 12.2 Å².